The summed E-state index contributed by atoms with van der Waals surface area (Å²) in [5.74, 6) is 0.251. The Morgan fingerprint density at radius 3 is 2.52 bits per heavy atom. The Hall–Kier alpha value is -3.15. The first-order valence-corrected chi connectivity index (χ1v) is 6.96. The Balaban J connectivity index is 2.34. The van der Waals surface area contributed by atoms with E-state index >= 15 is 0 Å². The second-order valence-corrected chi connectivity index (χ2v) is 5.46. The number of nitrogens with two attached hydrogens (primary N) is 1. The maximum absolute atomic E-state index is 12.3. The molecule has 0 amide bonds. The maximum Gasteiger partial charge on any atom is 0.312 e. The summed E-state index contributed by atoms with van der Waals surface area (Å²) in [5, 5.41) is 11.4. The summed E-state index contributed by atoms with van der Waals surface area (Å²) in [6.07, 6.45) is 0. The van der Waals surface area contributed by atoms with Crippen molar-refractivity contribution in [3.05, 3.63) is 67.9 Å². The lowest BCUT2D eigenvalue weighted by molar-refractivity contribution is -0.383. The zero-order valence-corrected chi connectivity index (χ0v) is 12.6. The van der Waals surface area contributed by atoms with E-state index in [9.17, 15) is 14.9 Å². The van der Waals surface area contributed by atoms with Crippen molar-refractivity contribution in [2.24, 2.45) is 0 Å². The van der Waals surface area contributed by atoms with Crippen molar-refractivity contribution in [2.45, 2.75) is 13.8 Å². The molecular formula is C17H14N2O4. The zero-order chi connectivity index (χ0) is 16.7. The zero-order valence-electron chi connectivity index (χ0n) is 12.6. The topological polar surface area (TPSA) is 99.4 Å². The molecule has 23 heavy (non-hydrogen) atoms. The molecule has 2 N–H and O–H groups in total. The molecule has 0 spiro atoms. The molecule has 0 aliphatic heterocycles. The molecule has 6 heteroatoms. The molecule has 2 aromatic carbocycles. The number of nitrogens with zero attached hydrogens (tertiary/aromatic N) is 1. The first-order valence-electron chi connectivity index (χ1n) is 6.96. The number of rotatable bonds is 2. The van der Waals surface area contributed by atoms with Crippen molar-refractivity contribution in [2.75, 3.05) is 5.73 Å². The summed E-state index contributed by atoms with van der Waals surface area (Å²) in [6, 6.07) is 9.54. The van der Waals surface area contributed by atoms with Gasteiger partial charge in [-0.1, -0.05) is 12.1 Å². The van der Waals surface area contributed by atoms with Gasteiger partial charge in [0.05, 0.1) is 10.3 Å². The van der Waals surface area contributed by atoms with Gasteiger partial charge in [-0.2, -0.15) is 0 Å². The van der Waals surface area contributed by atoms with Crippen molar-refractivity contribution in [1.29, 1.82) is 0 Å². The predicted molar refractivity (Wildman–Crippen MR) is 88.5 cm³/mol. The van der Waals surface area contributed by atoms with E-state index in [1.807, 2.05) is 6.92 Å². The van der Waals surface area contributed by atoms with Gasteiger partial charge in [-0.15, -0.1) is 0 Å². The monoisotopic (exact) mass is 310 g/mol. The van der Waals surface area contributed by atoms with E-state index in [1.165, 1.54) is 12.1 Å². The minimum atomic E-state index is -0.550. The third-order valence-corrected chi connectivity index (χ3v) is 3.71. The van der Waals surface area contributed by atoms with Crippen molar-refractivity contribution in [1.82, 2.24) is 0 Å². The lowest BCUT2D eigenvalue weighted by Gasteiger charge is -2.07. The van der Waals surface area contributed by atoms with Gasteiger partial charge in [-0.05, 0) is 37.1 Å². The molecule has 116 valence electrons. The normalized spacial score (nSPS) is 10.9. The van der Waals surface area contributed by atoms with Crippen LogP contribution in [-0.2, 0) is 0 Å². The lowest BCUT2D eigenvalue weighted by atomic mass is 10.1. The van der Waals surface area contributed by atoms with Crippen LogP contribution in [0.3, 0.4) is 0 Å². The van der Waals surface area contributed by atoms with Crippen LogP contribution in [0.4, 0.5) is 11.4 Å². The number of benzene rings is 2. The fourth-order valence-corrected chi connectivity index (χ4v) is 2.45. The smallest absolute Gasteiger partial charge is 0.312 e. The molecule has 0 unspecified atom stereocenters. The summed E-state index contributed by atoms with van der Waals surface area (Å²) < 4.78 is 5.67. The summed E-state index contributed by atoms with van der Waals surface area (Å²) in [5.41, 5.74) is 7.99. The van der Waals surface area contributed by atoms with Gasteiger partial charge in [0.2, 0.25) is 5.58 Å². The first kappa shape index (κ1) is 14.8. The van der Waals surface area contributed by atoms with E-state index in [0.717, 1.165) is 5.56 Å². The Morgan fingerprint density at radius 2 is 1.87 bits per heavy atom. The molecule has 1 aromatic heterocycles. The van der Waals surface area contributed by atoms with Crippen LogP contribution in [0.5, 0.6) is 0 Å². The lowest BCUT2D eigenvalue weighted by Crippen LogP contribution is -2.03. The average molecular weight is 310 g/mol. The number of anilines is 1. The Bertz CT molecular complexity index is 1010. The molecule has 0 saturated carbocycles. The third kappa shape index (κ3) is 2.55. The van der Waals surface area contributed by atoms with E-state index in [1.54, 1.807) is 31.2 Å². The molecule has 0 aliphatic rings. The second kappa shape index (κ2) is 5.24. The van der Waals surface area contributed by atoms with E-state index in [4.69, 9.17) is 10.2 Å². The van der Waals surface area contributed by atoms with Crippen molar-refractivity contribution < 1.29 is 9.34 Å². The molecule has 0 saturated heterocycles. The third-order valence-electron chi connectivity index (χ3n) is 3.71. The van der Waals surface area contributed by atoms with Crippen LogP contribution in [0.15, 0.2) is 45.6 Å². The van der Waals surface area contributed by atoms with Gasteiger partial charge in [-0.25, -0.2) is 0 Å². The van der Waals surface area contributed by atoms with Gasteiger partial charge in [0, 0.05) is 23.4 Å². The standard InChI is InChI=1S/C17H14N2O4/c1-9-5-12-15(20)8-16(11-4-3-10(2)13(18)7-11)23-17(12)14(6-9)19(21)22/h3-8H,18H2,1-2H3. The van der Waals surface area contributed by atoms with Crippen LogP contribution < -0.4 is 11.2 Å². The molecule has 0 bridgehead atoms. The van der Waals surface area contributed by atoms with Crippen molar-refractivity contribution >= 4 is 22.3 Å². The van der Waals surface area contributed by atoms with E-state index < -0.39 is 4.92 Å². The van der Waals surface area contributed by atoms with Gasteiger partial charge in [0.15, 0.2) is 5.43 Å². The Kier molecular flexibility index (Phi) is 3.37. The number of aryl methyl sites for hydroxylation is 2. The van der Waals surface area contributed by atoms with Gasteiger partial charge in [0.1, 0.15) is 5.76 Å². The highest BCUT2D eigenvalue weighted by Crippen LogP contribution is 2.30. The van der Waals surface area contributed by atoms with Crippen molar-refractivity contribution in [3.8, 4) is 11.3 Å². The molecule has 3 aromatic rings. The van der Waals surface area contributed by atoms with Crippen LogP contribution >= 0.6 is 0 Å². The highest BCUT2D eigenvalue weighted by molar-refractivity contribution is 5.87. The quantitative estimate of drug-likeness (QED) is 0.443. The number of hydrogen-bond donors (Lipinski definition) is 1. The number of fused-ring (bicyclic) bond motifs is 1. The summed E-state index contributed by atoms with van der Waals surface area (Å²) in [6.45, 7) is 3.56. The number of nitro benzene ring substituents is 1. The Morgan fingerprint density at radius 1 is 1.13 bits per heavy atom. The van der Waals surface area contributed by atoms with E-state index in [0.29, 0.717) is 16.8 Å². The average Bonchev–Trinajstić information content (AvgIpc) is 2.49. The van der Waals surface area contributed by atoms with E-state index in [2.05, 4.69) is 0 Å². The van der Waals surface area contributed by atoms with Crippen LogP contribution in [0.2, 0.25) is 0 Å². The predicted octanol–water partition coefficient (Wildman–Crippen LogP) is 3.57. The number of nitro groups is 1. The maximum atomic E-state index is 12.3. The molecule has 0 fully saturated rings. The van der Waals surface area contributed by atoms with Gasteiger partial charge < -0.3 is 10.2 Å². The molecule has 1 heterocycles. The Labute approximate surface area is 131 Å². The SMILES string of the molecule is Cc1cc([N+](=O)[O-])c2oc(-c3ccc(C)c(N)c3)cc(=O)c2c1. The van der Waals surface area contributed by atoms with Crippen LogP contribution in [0.25, 0.3) is 22.3 Å². The first-order chi connectivity index (χ1) is 10.9. The molecule has 0 radical (unpaired) electrons. The molecule has 0 atom stereocenters. The largest absolute Gasteiger partial charge is 0.449 e. The van der Waals surface area contributed by atoms with Gasteiger partial charge >= 0.3 is 5.69 Å². The molecular weight excluding hydrogens is 296 g/mol. The molecule has 3 rings (SSSR count). The highest BCUT2D eigenvalue weighted by atomic mass is 16.6. The molecule has 6 nitrogen and oxygen atoms in total. The van der Waals surface area contributed by atoms with Crippen LogP contribution in [0, 0.1) is 24.0 Å². The summed E-state index contributed by atoms with van der Waals surface area (Å²) in [4.78, 5) is 23.0. The summed E-state index contributed by atoms with van der Waals surface area (Å²) >= 11 is 0. The fourth-order valence-electron chi connectivity index (χ4n) is 2.45. The number of non-ortho nitro benzene ring substituents is 1. The van der Waals surface area contributed by atoms with Crippen LogP contribution in [0.1, 0.15) is 11.1 Å². The van der Waals surface area contributed by atoms with Crippen molar-refractivity contribution in [3.63, 3.8) is 0 Å². The van der Waals surface area contributed by atoms with Gasteiger partial charge in [0.25, 0.3) is 0 Å². The minimum Gasteiger partial charge on any atom is -0.449 e. The van der Waals surface area contributed by atoms with E-state index in [-0.39, 0.29) is 27.8 Å². The molecule has 0 aliphatic carbocycles. The van der Waals surface area contributed by atoms with Gasteiger partial charge in [-0.3, -0.25) is 14.9 Å². The second-order valence-electron chi connectivity index (χ2n) is 5.46. The number of nitrogen functional groups attached to an aromatic ring is 1. The fraction of sp³-hybridized carbons (Fsp3) is 0.118. The number of hydrogen-bond acceptors (Lipinski definition) is 5. The minimum absolute atomic E-state index is 0.0257. The summed E-state index contributed by atoms with van der Waals surface area (Å²) in [7, 11) is 0. The highest BCUT2D eigenvalue weighted by Gasteiger charge is 2.19. The van der Waals surface area contributed by atoms with Crippen LogP contribution in [-0.4, -0.2) is 4.92 Å².